The first-order valence-electron chi connectivity index (χ1n) is 5.68. The van der Waals surface area contributed by atoms with Gasteiger partial charge in [0, 0.05) is 17.1 Å². The predicted octanol–water partition coefficient (Wildman–Crippen LogP) is 0.705. The molecule has 0 fully saturated rings. The average molecular weight is 243 g/mol. The van der Waals surface area contributed by atoms with E-state index >= 15 is 0 Å². The van der Waals surface area contributed by atoms with Crippen LogP contribution >= 0.6 is 0 Å². The number of tetrazole rings is 1. The molecule has 0 aliphatic carbocycles. The first-order chi connectivity index (χ1) is 8.78. The van der Waals surface area contributed by atoms with E-state index in [1.54, 1.807) is 7.05 Å². The fourth-order valence-corrected chi connectivity index (χ4v) is 2.10. The van der Waals surface area contributed by atoms with Gasteiger partial charge in [-0.05, 0) is 22.9 Å². The Morgan fingerprint density at radius 1 is 1.28 bits per heavy atom. The second kappa shape index (κ2) is 4.23. The lowest BCUT2D eigenvalue weighted by molar-refractivity contribution is 0.283. The van der Waals surface area contributed by atoms with Crippen molar-refractivity contribution in [1.82, 2.24) is 24.8 Å². The van der Waals surface area contributed by atoms with Gasteiger partial charge in [0.2, 0.25) is 0 Å². The molecule has 3 rings (SSSR count). The Balaban J connectivity index is 2.02. The summed E-state index contributed by atoms with van der Waals surface area (Å²) in [5.41, 5.74) is 1.99. The highest BCUT2D eigenvalue weighted by molar-refractivity contribution is 5.83. The van der Waals surface area contributed by atoms with Crippen molar-refractivity contribution in [3.63, 3.8) is 0 Å². The lowest BCUT2D eigenvalue weighted by Crippen LogP contribution is -2.01. The molecule has 0 atom stereocenters. The van der Waals surface area contributed by atoms with E-state index in [4.69, 9.17) is 0 Å². The molecule has 92 valence electrons. The SMILES string of the molecule is Cn1nnc(Cn2ccc3c(CO)cccc32)n1. The summed E-state index contributed by atoms with van der Waals surface area (Å²) in [5, 5.41) is 22.3. The van der Waals surface area contributed by atoms with Crippen molar-refractivity contribution in [2.24, 2.45) is 7.05 Å². The zero-order valence-corrected chi connectivity index (χ0v) is 9.98. The highest BCUT2D eigenvalue weighted by atomic mass is 16.3. The zero-order valence-electron chi connectivity index (χ0n) is 9.98. The first-order valence-corrected chi connectivity index (χ1v) is 5.68. The largest absolute Gasteiger partial charge is 0.392 e. The van der Waals surface area contributed by atoms with E-state index in [1.807, 2.05) is 35.0 Å². The van der Waals surface area contributed by atoms with Gasteiger partial charge in [-0.25, -0.2) is 0 Å². The predicted molar refractivity (Wildman–Crippen MR) is 65.8 cm³/mol. The van der Waals surface area contributed by atoms with E-state index in [0.717, 1.165) is 16.5 Å². The standard InChI is InChI=1S/C12H13N5O/c1-16-14-12(13-15-16)7-17-6-5-10-9(8-18)3-2-4-11(10)17/h2-6,18H,7-8H2,1H3. The Hall–Kier alpha value is -2.21. The number of fused-ring (bicyclic) bond motifs is 1. The number of hydrogen-bond donors (Lipinski definition) is 1. The fraction of sp³-hybridized carbons (Fsp3) is 0.250. The molecule has 6 nitrogen and oxygen atoms in total. The quantitative estimate of drug-likeness (QED) is 0.735. The van der Waals surface area contributed by atoms with Gasteiger partial charge < -0.3 is 9.67 Å². The average Bonchev–Trinajstić information content (AvgIpc) is 2.97. The molecule has 0 amide bonds. The summed E-state index contributed by atoms with van der Waals surface area (Å²) in [6, 6.07) is 7.88. The highest BCUT2D eigenvalue weighted by Gasteiger charge is 2.07. The number of rotatable bonds is 3. The second-order valence-electron chi connectivity index (χ2n) is 4.15. The van der Waals surface area contributed by atoms with E-state index in [2.05, 4.69) is 15.4 Å². The second-order valence-corrected chi connectivity index (χ2v) is 4.15. The van der Waals surface area contributed by atoms with Crippen LogP contribution in [0.25, 0.3) is 10.9 Å². The van der Waals surface area contributed by atoms with E-state index in [1.165, 1.54) is 4.80 Å². The van der Waals surface area contributed by atoms with Crippen LogP contribution in [0.5, 0.6) is 0 Å². The van der Waals surface area contributed by atoms with Gasteiger partial charge >= 0.3 is 0 Å². The fourth-order valence-electron chi connectivity index (χ4n) is 2.10. The maximum absolute atomic E-state index is 9.29. The molecule has 2 aromatic heterocycles. The lowest BCUT2D eigenvalue weighted by atomic mass is 10.1. The Kier molecular flexibility index (Phi) is 2.56. The normalized spacial score (nSPS) is 11.2. The molecule has 0 unspecified atom stereocenters. The third kappa shape index (κ3) is 1.76. The summed E-state index contributed by atoms with van der Waals surface area (Å²) in [4.78, 5) is 1.44. The maximum atomic E-state index is 9.29. The molecule has 1 aromatic carbocycles. The minimum atomic E-state index is 0.0464. The lowest BCUT2D eigenvalue weighted by Gasteiger charge is -2.03. The van der Waals surface area contributed by atoms with Crippen molar-refractivity contribution in [3.05, 3.63) is 41.9 Å². The Labute approximate surface area is 103 Å². The van der Waals surface area contributed by atoms with Crippen molar-refractivity contribution in [2.75, 3.05) is 0 Å². The number of aliphatic hydroxyl groups is 1. The number of aliphatic hydroxyl groups excluding tert-OH is 1. The molecule has 0 spiro atoms. The smallest absolute Gasteiger partial charge is 0.194 e. The molecule has 0 saturated carbocycles. The summed E-state index contributed by atoms with van der Waals surface area (Å²) in [5.74, 6) is 0.671. The van der Waals surface area contributed by atoms with Crippen LogP contribution in [0.1, 0.15) is 11.4 Å². The van der Waals surface area contributed by atoms with Crippen molar-refractivity contribution < 1.29 is 5.11 Å². The van der Waals surface area contributed by atoms with Crippen molar-refractivity contribution in [1.29, 1.82) is 0 Å². The number of benzene rings is 1. The van der Waals surface area contributed by atoms with Crippen molar-refractivity contribution in [2.45, 2.75) is 13.2 Å². The summed E-state index contributed by atoms with van der Waals surface area (Å²) in [6.45, 7) is 0.622. The van der Waals surface area contributed by atoms with Gasteiger partial charge in [0.25, 0.3) is 0 Å². The molecule has 0 radical (unpaired) electrons. The summed E-state index contributed by atoms with van der Waals surface area (Å²) < 4.78 is 2.05. The van der Waals surface area contributed by atoms with Gasteiger partial charge in [0.15, 0.2) is 5.82 Å². The Bertz CT molecular complexity index is 685. The molecule has 3 aromatic rings. The van der Waals surface area contributed by atoms with E-state index < -0.39 is 0 Å². The van der Waals surface area contributed by atoms with Gasteiger partial charge in [-0.2, -0.15) is 4.80 Å². The molecule has 0 bridgehead atoms. The maximum Gasteiger partial charge on any atom is 0.194 e. The monoisotopic (exact) mass is 243 g/mol. The minimum Gasteiger partial charge on any atom is -0.392 e. The number of nitrogens with zero attached hydrogens (tertiary/aromatic N) is 5. The van der Waals surface area contributed by atoms with Gasteiger partial charge in [-0.3, -0.25) is 0 Å². The molecule has 2 heterocycles. The summed E-state index contributed by atoms with van der Waals surface area (Å²) in [6.07, 6.45) is 1.97. The van der Waals surface area contributed by atoms with Crippen LogP contribution in [-0.2, 0) is 20.2 Å². The van der Waals surface area contributed by atoms with Crippen molar-refractivity contribution >= 4 is 10.9 Å². The molecule has 6 heteroatoms. The third-order valence-electron chi connectivity index (χ3n) is 2.94. The van der Waals surface area contributed by atoms with Crippen molar-refractivity contribution in [3.8, 4) is 0 Å². The molecule has 1 N–H and O–H groups in total. The zero-order chi connectivity index (χ0) is 12.5. The van der Waals surface area contributed by atoms with Gasteiger partial charge in [-0.15, -0.1) is 10.2 Å². The number of aryl methyl sites for hydroxylation is 1. The topological polar surface area (TPSA) is 68.8 Å². The van der Waals surface area contributed by atoms with Crippen LogP contribution in [0.2, 0.25) is 0 Å². The Morgan fingerprint density at radius 2 is 2.17 bits per heavy atom. The first kappa shape index (κ1) is 10.9. The highest BCUT2D eigenvalue weighted by Crippen LogP contribution is 2.20. The van der Waals surface area contributed by atoms with Crippen LogP contribution in [-0.4, -0.2) is 29.9 Å². The van der Waals surface area contributed by atoms with E-state index in [9.17, 15) is 5.11 Å². The molecule has 0 aliphatic heterocycles. The number of hydrogen-bond acceptors (Lipinski definition) is 4. The van der Waals surface area contributed by atoms with Gasteiger partial charge in [0.05, 0.1) is 20.2 Å². The van der Waals surface area contributed by atoms with Crippen LogP contribution in [0.3, 0.4) is 0 Å². The molecule has 18 heavy (non-hydrogen) atoms. The minimum absolute atomic E-state index is 0.0464. The molecular weight excluding hydrogens is 230 g/mol. The number of aromatic nitrogens is 5. The van der Waals surface area contributed by atoms with Crippen LogP contribution in [0, 0.1) is 0 Å². The molecular formula is C12H13N5O. The Morgan fingerprint density at radius 3 is 2.89 bits per heavy atom. The van der Waals surface area contributed by atoms with Crippen LogP contribution < -0.4 is 0 Å². The van der Waals surface area contributed by atoms with Gasteiger partial charge in [-0.1, -0.05) is 12.1 Å². The third-order valence-corrected chi connectivity index (χ3v) is 2.94. The molecule has 0 saturated heterocycles. The van der Waals surface area contributed by atoms with Gasteiger partial charge in [0.1, 0.15) is 0 Å². The summed E-state index contributed by atoms with van der Waals surface area (Å²) >= 11 is 0. The molecule has 0 aliphatic rings. The van der Waals surface area contributed by atoms with E-state index in [0.29, 0.717) is 12.4 Å². The van der Waals surface area contributed by atoms with Crippen LogP contribution in [0.15, 0.2) is 30.5 Å². The summed E-state index contributed by atoms with van der Waals surface area (Å²) in [7, 11) is 1.74. The van der Waals surface area contributed by atoms with E-state index in [-0.39, 0.29) is 6.61 Å². The van der Waals surface area contributed by atoms with Crippen LogP contribution in [0.4, 0.5) is 0 Å².